The van der Waals surface area contributed by atoms with Crippen LogP contribution in [0.15, 0.2) is 25.3 Å². The van der Waals surface area contributed by atoms with Crippen LogP contribution in [0.25, 0.3) is 0 Å². The first-order chi connectivity index (χ1) is 29.4. The Labute approximate surface area is 424 Å². The molecule has 30 heteroatoms. The molecule has 4 aliphatic rings. The zero-order chi connectivity index (χ0) is 47.9. The number of carboxylic acids is 2. The molecule has 4 fully saturated rings. The fourth-order valence-corrected chi connectivity index (χ4v) is 38.4. The van der Waals surface area contributed by atoms with Crippen LogP contribution in [0.3, 0.4) is 0 Å². The molecule has 11 nitrogen and oxygen atoms in total. The van der Waals surface area contributed by atoms with Crippen molar-refractivity contribution in [2.45, 2.75) is 78.7 Å². The van der Waals surface area contributed by atoms with Gasteiger partial charge in [-0.05, 0) is 61.2 Å². The second kappa shape index (κ2) is 37.6. The molecule has 3 N–H and O–H groups in total. The molecule has 0 aromatic heterocycles. The number of Topliss-reactive ketones (excluding diaryl/α,β-unsaturated/α-hetero) is 2. The van der Waals surface area contributed by atoms with Crippen LogP contribution in [0, 0.1) is 58.2 Å². The number of hydrogen-bond acceptors (Lipinski definition) is 13. The van der Waals surface area contributed by atoms with Crippen molar-refractivity contribution in [2.24, 2.45) is 58.2 Å². The van der Waals surface area contributed by atoms with Crippen molar-refractivity contribution in [1.82, 2.24) is 0 Å². The van der Waals surface area contributed by atoms with Gasteiger partial charge in [0.1, 0.15) is 11.9 Å². The number of allylic oxidation sites excluding steroid dienone is 2. The van der Waals surface area contributed by atoms with Crippen molar-refractivity contribution in [2.75, 3.05) is 0 Å². The highest BCUT2D eigenvalue weighted by atomic mass is 33.4. The van der Waals surface area contributed by atoms with Crippen molar-refractivity contribution in [3.63, 3.8) is 0 Å². The van der Waals surface area contributed by atoms with Crippen LogP contribution in [-0.4, -0.2) is 57.2 Å². The number of carbonyl (C=O) groups excluding carboxylic acids is 6. The van der Waals surface area contributed by atoms with Crippen LogP contribution in [0.2, 0.25) is 0 Å². The minimum absolute atomic E-state index is 0.0415. The molecule has 11 atom stereocenters. The molecule has 0 saturated heterocycles. The minimum atomic E-state index is -0.955. The highest BCUT2D eigenvalue weighted by molar-refractivity contribution is 8.73. The van der Waals surface area contributed by atoms with Gasteiger partial charge in [-0.1, -0.05) is 39.8 Å². The van der Waals surface area contributed by atoms with E-state index in [2.05, 4.69) is 78.7 Å². The fourth-order valence-electron chi connectivity index (χ4n) is 8.25. The lowest BCUT2D eigenvalue weighted by atomic mass is 9.50. The summed E-state index contributed by atoms with van der Waals surface area (Å²) < 4.78 is 0. The maximum Gasteiger partial charge on any atom is 0.373 e. The number of aliphatic carboxylic acids is 2. The van der Waals surface area contributed by atoms with Gasteiger partial charge < -0.3 is 15.3 Å². The van der Waals surface area contributed by atoms with Crippen LogP contribution in [-0.2, 0) is 216 Å². The summed E-state index contributed by atoms with van der Waals surface area (Å²) in [6.07, 6.45) is 7.66. The first-order valence-corrected chi connectivity index (χ1v) is 40.0. The van der Waals surface area contributed by atoms with Crippen LogP contribution >= 0.6 is 0 Å². The maximum atomic E-state index is 12.4. The Morgan fingerprint density at radius 1 is 0.629 bits per heavy atom. The molecule has 0 heterocycles. The van der Waals surface area contributed by atoms with Crippen molar-refractivity contribution in [1.29, 1.82) is 0 Å². The average molecular weight is 1210 g/mol. The lowest BCUT2D eigenvalue weighted by Gasteiger charge is -2.53. The van der Waals surface area contributed by atoms with Crippen molar-refractivity contribution in [3.05, 3.63) is 25.3 Å². The number of ketones is 2. The predicted molar refractivity (Wildman–Crippen MR) is 289 cm³/mol. The summed E-state index contributed by atoms with van der Waals surface area (Å²) in [5.74, 6) is -3.04. The van der Waals surface area contributed by atoms with Crippen molar-refractivity contribution < 1.29 is 53.7 Å². The number of fused-ring (bicyclic) bond motifs is 2. The summed E-state index contributed by atoms with van der Waals surface area (Å²) in [6.45, 7) is 16.0. The topological polar surface area (TPSA) is 197 Å². The van der Waals surface area contributed by atoms with Crippen LogP contribution in [0.4, 0.5) is 0 Å². The Morgan fingerprint density at radius 2 is 0.952 bits per heavy atom. The molecule has 0 unspecified atom stereocenters. The van der Waals surface area contributed by atoms with E-state index in [1.165, 1.54) is 35.5 Å². The maximum absolute atomic E-state index is 12.4. The molecule has 0 radical (unpaired) electrons. The smallest absolute Gasteiger partial charge is 0.373 e. The van der Waals surface area contributed by atoms with Gasteiger partial charge in [0.05, 0.1) is 11.8 Å². The summed E-state index contributed by atoms with van der Waals surface area (Å²) >= 11 is 18.6. The van der Waals surface area contributed by atoms with E-state index in [-0.39, 0.29) is 58.4 Å². The lowest BCUT2D eigenvalue weighted by Crippen LogP contribution is -2.56. The van der Waals surface area contributed by atoms with Crippen LogP contribution in [0.5, 0.6) is 0 Å². The number of hydrogen-bond donors (Lipinski definition) is 3. The van der Waals surface area contributed by atoms with Crippen LogP contribution in [0.1, 0.15) is 72.6 Å². The summed E-state index contributed by atoms with van der Waals surface area (Å²) in [6, 6.07) is 0. The van der Waals surface area contributed by atoms with E-state index in [1.807, 2.05) is 6.92 Å². The summed E-state index contributed by atoms with van der Waals surface area (Å²) in [4.78, 5) is 79.8. The first-order valence-electron chi connectivity index (χ1n) is 17.3. The third kappa shape index (κ3) is 22.2. The van der Waals surface area contributed by atoms with Gasteiger partial charge >= 0.3 is 24.2 Å². The van der Waals surface area contributed by atoms with Crippen molar-refractivity contribution >= 4 is 214 Å². The van der Waals surface area contributed by atoms with Gasteiger partial charge in [0.25, 0.3) is 0 Å². The average Bonchev–Trinajstić information content (AvgIpc) is 3.23. The molecule has 0 aliphatic heterocycles. The zero-order valence-corrected chi connectivity index (χ0v) is 48.6. The largest absolute Gasteiger partial charge is 0.481 e. The normalized spacial score (nSPS) is 29.4. The second-order valence-electron chi connectivity index (χ2n) is 13.7. The molecule has 4 saturated carbocycles. The molecule has 0 aromatic rings. The Morgan fingerprint density at radius 3 is 1.27 bits per heavy atom. The highest BCUT2D eigenvalue weighted by Crippen LogP contribution is 2.57. The van der Waals surface area contributed by atoms with Gasteiger partial charge in [-0.15, -0.1) is 13.2 Å². The number of carbonyl (C=O) groups is 4. The first kappa shape index (κ1) is 64.7. The number of carboxylic acid groups (broad SMARTS) is 2. The van der Waals surface area contributed by atoms with E-state index in [4.69, 9.17) is 19.2 Å². The van der Waals surface area contributed by atoms with E-state index < -0.39 is 35.8 Å². The van der Waals surface area contributed by atoms with Gasteiger partial charge in [0, 0.05) is 208 Å². The van der Waals surface area contributed by atoms with Gasteiger partial charge in [-0.25, -0.2) is 0 Å². The van der Waals surface area contributed by atoms with Gasteiger partial charge in [0.15, 0.2) is 5.78 Å². The van der Waals surface area contributed by atoms with E-state index in [0.29, 0.717) is 31.6 Å². The second-order valence-corrected chi connectivity index (χ2v) is 40.2. The molecule has 352 valence electrons. The summed E-state index contributed by atoms with van der Waals surface area (Å²) in [7, 11) is 23.6. The predicted octanol–water partition coefficient (Wildman–Crippen LogP) is 3.57. The summed E-state index contributed by atoms with van der Waals surface area (Å²) in [5.41, 5.74) is -0.263. The standard InChI is InChI=1S/C15H22O4.C15H22O3.2CO2.S10.S9/c1-4-9-10(14(18)19)5-6-15(3)8(2)7-11(16)13(17)12(9)15;1-4-10-11(14(17)18)7-8-15(3)9(2)5-6-12(16)13(10)15;2*2-1-3;1-3-5-7-9-10-8-6-4-2;1-3-5-7-9-8-6-4-2/h4,8-12,16H,1,5-7H2,2-3H3,(H,18,19);4,9-11,13H,1,5-8H2,2-3H3,(H,17,18);;;;/t8-,9+,10-,11-,12+,15+;9-,10+,11-,13+,15+;;;;/m11..../s1. The quantitative estimate of drug-likeness (QED) is 0.346. The molecular formula is C32H44O11S19. The third-order valence-electron chi connectivity index (χ3n) is 11.3. The third-order valence-corrected chi connectivity index (χ3v) is 40.2. The molecule has 0 spiro atoms. The van der Waals surface area contributed by atoms with E-state index in [1.54, 1.807) is 110 Å². The molecule has 0 aromatic carbocycles. The number of rotatable bonds is 4. The Hall–Kier alpha value is 0.660. The zero-order valence-electron chi connectivity index (χ0n) is 33.1. The van der Waals surface area contributed by atoms with Gasteiger partial charge in [0.2, 0.25) is 0 Å². The van der Waals surface area contributed by atoms with Crippen LogP contribution < -0.4 is 0 Å². The molecule has 62 heavy (non-hydrogen) atoms. The SMILES string of the molecule is C=C[C@@H]1[C@H]2C(=O)CC[C@@H](C)[C@]2(C)CC[C@H]1C(=O)O.C=C[C@@H]1[C@H]2C(=O)[C@H](O)C[C@@H](C)[C@]2(C)CC[C@H]1C(=O)O.O=C=O.O=C=O.S=S=S=S=S=S=S=S=S.S=S=S=S=S=S=S=S=S=S. The van der Waals surface area contributed by atoms with E-state index >= 15 is 0 Å². The Bertz CT molecular complexity index is 2280. The highest BCUT2D eigenvalue weighted by Gasteiger charge is 2.57. The molecule has 4 aliphatic carbocycles. The minimum Gasteiger partial charge on any atom is -0.481 e. The molecule has 0 bridgehead atoms. The monoisotopic (exact) mass is 1210 g/mol. The lowest BCUT2D eigenvalue weighted by molar-refractivity contribution is -0.193. The van der Waals surface area contributed by atoms with Gasteiger partial charge in [-0.2, -0.15) is 19.2 Å². The van der Waals surface area contributed by atoms with E-state index in [9.17, 15) is 34.5 Å². The molecule has 4 rings (SSSR count). The molecular weight excluding hydrogens is 1170 g/mol. The number of aliphatic hydroxyl groups is 1. The van der Waals surface area contributed by atoms with E-state index in [0.717, 1.165) is 19.3 Å². The Kier molecular flexibility index (Phi) is 39.3. The van der Waals surface area contributed by atoms with Gasteiger partial charge in [-0.3, -0.25) is 19.2 Å². The summed E-state index contributed by atoms with van der Waals surface area (Å²) in [5, 5.41) is 28.5. The fraction of sp³-hybridized carbons (Fsp3) is 0.688. The Balaban J connectivity index is 0. The molecule has 0 amide bonds. The van der Waals surface area contributed by atoms with Crippen molar-refractivity contribution in [3.8, 4) is 0 Å². The number of aliphatic hydroxyl groups excluding tert-OH is 1.